The van der Waals surface area contributed by atoms with Crippen molar-refractivity contribution < 1.29 is 0 Å². The average Bonchev–Trinajstić information content (AvgIpc) is 1.85. The molecule has 0 aliphatic heterocycles. The van der Waals surface area contributed by atoms with Crippen molar-refractivity contribution in [1.29, 1.82) is 0 Å². The van der Waals surface area contributed by atoms with Crippen LogP contribution in [0.15, 0.2) is 30.3 Å². The van der Waals surface area contributed by atoms with E-state index in [1.807, 2.05) is 18.2 Å². The Hall–Kier alpha value is 0.307. The van der Waals surface area contributed by atoms with E-state index in [9.17, 15) is 0 Å². The average molecular weight is 242 g/mol. The molecule has 4 heteroatoms. The summed E-state index contributed by atoms with van der Waals surface area (Å²) >= 11 is 15.4. The summed E-state index contributed by atoms with van der Waals surface area (Å²) in [6.07, 6.45) is 0. The molecule has 0 unspecified atom stereocenters. The van der Waals surface area contributed by atoms with Crippen LogP contribution in [0.25, 0.3) is 0 Å². The van der Waals surface area contributed by atoms with Gasteiger partial charge in [-0.2, -0.15) is 0 Å². The first kappa shape index (κ1) is 12.3. The van der Waals surface area contributed by atoms with Crippen LogP contribution in [0.1, 0.15) is 5.56 Å². The molecule has 68 valence electrons. The Balaban J connectivity index is 0.000000217. The van der Waals surface area contributed by atoms with Gasteiger partial charge in [0.15, 0.2) is 3.42 Å². The van der Waals surface area contributed by atoms with Gasteiger partial charge < -0.3 is 0 Å². The molecule has 0 spiro atoms. The van der Waals surface area contributed by atoms with Crippen molar-refractivity contribution in [3.8, 4) is 0 Å². The third-order valence-corrected chi connectivity index (χ3v) is 0.940. The smallest absolute Gasteiger partial charge is 0.0894 e. The van der Waals surface area contributed by atoms with Gasteiger partial charge in [0.2, 0.25) is 0 Å². The molecule has 0 radical (unpaired) electrons. The second-order valence-electron chi connectivity index (χ2n) is 2.44. The van der Waals surface area contributed by atoms with E-state index < -0.39 is 3.42 Å². The van der Waals surface area contributed by atoms with Crippen LogP contribution in [0.5, 0.6) is 0 Å². The fourth-order valence-corrected chi connectivity index (χ4v) is 0.534. The maximum Gasteiger partial charge on any atom is 0.166 e. The standard InChI is InChI=1S/C7H8.CH3Cl3Si/c1-7-5-3-2-4-6-7;2-1(3,4)5/h2-6H,1H3;5H3. The van der Waals surface area contributed by atoms with Gasteiger partial charge in [0.1, 0.15) is 0 Å². The quantitative estimate of drug-likeness (QED) is 0.484. The van der Waals surface area contributed by atoms with Crippen LogP contribution >= 0.6 is 34.8 Å². The Morgan fingerprint density at radius 1 is 1.08 bits per heavy atom. The topological polar surface area (TPSA) is 0 Å². The van der Waals surface area contributed by atoms with Crippen molar-refractivity contribution in [2.24, 2.45) is 0 Å². The molecule has 0 nitrogen and oxygen atoms in total. The molecule has 0 atom stereocenters. The van der Waals surface area contributed by atoms with Gasteiger partial charge in [-0.3, -0.25) is 0 Å². The minimum Gasteiger partial charge on any atom is -0.0894 e. The lowest BCUT2D eigenvalue weighted by molar-refractivity contribution is 1.48. The maximum absolute atomic E-state index is 5.12. The SMILES string of the molecule is Cc1ccccc1.[SiH3]C(Cl)(Cl)Cl. The van der Waals surface area contributed by atoms with Crippen molar-refractivity contribution in [1.82, 2.24) is 0 Å². The van der Waals surface area contributed by atoms with E-state index >= 15 is 0 Å². The van der Waals surface area contributed by atoms with E-state index in [0.717, 1.165) is 0 Å². The number of halogens is 3. The van der Waals surface area contributed by atoms with Crippen molar-refractivity contribution in [3.63, 3.8) is 0 Å². The maximum atomic E-state index is 5.12. The molecule has 0 N–H and O–H groups in total. The number of benzene rings is 1. The molecule has 0 saturated carbocycles. The Labute approximate surface area is 91.2 Å². The van der Waals surface area contributed by atoms with Crippen LogP contribution in [0.4, 0.5) is 0 Å². The molecule has 0 aliphatic carbocycles. The van der Waals surface area contributed by atoms with Crippen molar-refractivity contribution in [3.05, 3.63) is 35.9 Å². The summed E-state index contributed by atoms with van der Waals surface area (Å²) in [5.74, 6) is 0. The van der Waals surface area contributed by atoms with E-state index in [4.69, 9.17) is 34.8 Å². The summed E-state index contributed by atoms with van der Waals surface area (Å²) in [5.41, 5.74) is 1.32. The Bertz CT molecular complexity index is 199. The fourth-order valence-electron chi connectivity index (χ4n) is 0.534. The predicted molar refractivity (Wildman–Crippen MR) is 61.4 cm³/mol. The van der Waals surface area contributed by atoms with E-state index in [2.05, 4.69) is 19.1 Å². The molecule has 0 fully saturated rings. The van der Waals surface area contributed by atoms with Gasteiger partial charge in [-0.1, -0.05) is 70.7 Å². The third kappa shape index (κ3) is 12.9. The normalized spacial score (nSPS) is 10.3. The van der Waals surface area contributed by atoms with Gasteiger partial charge >= 0.3 is 0 Å². The summed E-state index contributed by atoms with van der Waals surface area (Å²) < 4.78 is -0.944. The van der Waals surface area contributed by atoms with Crippen LogP contribution < -0.4 is 0 Å². The summed E-state index contributed by atoms with van der Waals surface area (Å²) in [4.78, 5) is 0. The second kappa shape index (κ2) is 5.87. The first-order valence-corrected chi connectivity index (χ1v) is 5.61. The number of alkyl halides is 3. The number of hydrogen-bond donors (Lipinski definition) is 0. The van der Waals surface area contributed by atoms with Gasteiger partial charge in [-0.25, -0.2) is 0 Å². The van der Waals surface area contributed by atoms with Crippen LogP contribution in [0, 0.1) is 6.92 Å². The molecule has 1 aromatic carbocycles. The highest BCUT2D eigenvalue weighted by Gasteiger charge is 2.06. The van der Waals surface area contributed by atoms with Crippen molar-refractivity contribution in [2.45, 2.75) is 10.3 Å². The van der Waals surface area contributed by atoms with Gasteiger partial charge in [0.25, 0.3) is 0 Å². The second-order valence-corrected chi connectivity index (χ2v) is 8.69. The van der Waals surface area contributed by atoms with Crippen LogP contribution in [-0.4, -0.2) is 13.7 Å². The first-order valence-electron chi connectivity index (χ1n) is 3.48. The summed E-state index contributed by atoms with van der Waals surface area (Å²) in [6.45, 7) is 2.08. The van der Waals surface area contributed by atoms with Crippen molar-refractivity contribution in [2.75, 3.05) is 0 Å². The lowest BCUT2D eigenvalue weighted by atomic mass is 10.2. The molecule has 0 amide bonds. The minimum absolute atomic E-state index is 0.604. The Morgan fingerprint density at radius 2 is 1.42 bits per heavy atom. The van der Waals surface area contributed by atoms with Crippen molar-refractivity contribution >= 4 is 45.0 Å². The highest BCUT2D eigenvalue weighted by Crippen LogP contribution is 2.19. The highest BCUT2D eigenvalue weighted by atomic mass is 35.6. The molecule has 0 bridgehead atoms. The summed E-state index contributed by atoms with van der Waals surface area (Å²) in [5, 5.41) is 0. The molecule has 0 aromatic heterocycles. The van der Waals surface area contributed by atoms with Crippen LogP contribution in [0.3, 0.4) is 0 Å². The number of rotatable bonds is 0. The lowest BCUT2D eigenvalue weighted by Gasteiger charge is -1.94. The minimum atomic E-state index is -0.944. The monoisotopic (exact) mass is 240 g/mol. The third-order valence-electron chi connectivity index (χ3n) is 0.940. The van der Waals surface area contributed by atoms with Gasteiger partial charge in [-0.15, -0.1) is 0 Å². The molecule has 0 saturated heterocycles. The zero-order valence-electron chi connectivity index (χ0n) is 7.02. The molecule has 1 rings (SSSR count). The Morgan fingerprint density at radius 3 is 1.58 bits per heavy atom. The highest BCUT2D eigenvalue weighted by molar-refractivity contribution is 6.81. The first-order chi connectivity index (χ1) is 5.39. The lowest BCUT2D eigenvalue weighted by Crippen LogP contribution is -1.96. The van der Waals surface area contributed by atoms with Gasteiger partial charge in [-0.05, 0) is 6.92 Å². The molecule has 0 aliphatic rings. The molecule has 12 heavy (non-hydrogen) atoms. The zero-order chi connectivity index (χ0) is 9.61. The van der Waals surface area contributed by atoms with E-state index in [1.165, 1.54) is 5.56 Å². The summed E-state index contributed by atoms with van der Waals surface area (Å²) in [7, 11) is 0.604. The van der Waals surface area contributed by atoms with E-state index in [1.54, 1.807) is 0 Å². The molecular formula is C8H11Cl3Si. The number of aryl methyl sites for hydroxylation is 1. The summed E-state index contributed by atoms with van der Waals surface area (Å²) in [6, 6.07) is 10.3. The van der Waals surface area contributed by atoms with E-state index in [0.29, 0.717) is 10.2 Å². The van der Waals surface area contributed by atoms with Gasteiger partial charge in [0, 0.05) is 0 Å². The fraction of sp³-hybridized carbons (Fsp3) is 0.250. The largest absolute Gasteiger partial charge is 0.166 e. The van der Waals surface area contributed by atoms with E-state index in [-0.39, 0.29) is 0 Å². The zero-order valence-corrected chi connectivity index (χ0v) is 11.3. The molecule has 1 aromatic rings. The molecular weight excluding hydrogens is 231 g/mol. The van der Waals surface area contributed by atoms with Gasteiger partial charge in [0.05, 0.1) is 10.2 Å². The number of hydrogen-bond acceptors (Lipinski definition) is 0. The van der Waals surface area contributed by atoms with Crippen LogP contribution in [0.2, 0.25) is 0 Å². The Kier molecular flexibility index (Phi) is 6.02. The molecule has 0 heterocycles. The predicted octanol–water partition coefficient (Wildman–Crippen LogP) is 2.67. The van der Waals surface area contributed by atoms with Crippen LogP contribution in [-0.2, 0) is 0 Å².